The number of ether oxygens (including phenoxy) is 1. The van der Waals surface area contributed by atoms with Crippen molar-refractivity contribution >= 4 is 11.8 Å². The van der Waals surface area contributed by atoms with Crippen molar-refractivity contribution < 1.29 is 22.7 Å². The number of nitrogens with zero attached hydrogens (tertiary/aromatic N) is 2. The highest BCUT2D eigenvalue weighted by atomic mass is 19.1. The molecule has 0 amide bonds. The Kier molecular flexibility index (Phi) is 5.77. The summed E-state index contributed by atoms with van der Waals surface area (Å²) in [6, 6.07) is 4.51. The number of aromatic nitrogens is 1. The molecule has 3 rings (SSSR count). The Hall–Kier alpha value is -3.16. The van der Waals surface area contributed by atoms with Crippen molar-refractivity contribution in [1.29, 1.82) is 0 Å². The van der Waals surface area contributed by atoms with Crippen LogP contribution in [0.3, 0.4) is 0 Å². The summed E-state index contributed by atoms with van der Waals surface area (Å²) in [5.74, 6) is -2.87. The van der Waals surface area contributed by atoms with Gasteiger partial charge in [-0.25, -0.2) is 22.9 Å². The molecule has 0 saturated carbocycles. The van der Waals surface area contributed by atoms with E-state index in [0.717, 1.165) is 6.07 Å². The maximum atomic E-state index is 14.5. The highest BCUT2D eigenvalue weighted by Crippen LogP contribution is 2.34. The maximum absolute atomic E-state index is 14.5. The maximum Gasteiger partial charge on any atom is 0.338 e. The highest BCUT2D eigenvalue weighted by Gasteiger charge is 2.34. The van der Waals surface area contributed by atoms with E-state index in [1.165, 1.54) is 24.4 Å². The first kappa shape index (κ1) is 19.6. The van der Waals surface area contributed by atoms with Crippen molar-refractivity contribution in [3.8, 4) is 0 Å². The van der Waals surface area contributed by atoms with Gasteiger partial charge in [0.2, 0.25) is 0 Å². The molecule has 1 atom stereocenters. The zero-order chi connectivity index (χ0) is 20.3. The fourth-order valence-electron chi connectivity index (χ4n) is 2.95. The monoisotopic (exact) mass is 389 g/mol. The Labute approximate surface area is 160 Å². The van der Waals surface area contributed by atoms with Gasteiger partial charge in [-0.3, -0.25) is 4.99 Å². The second-order valence-electron chi connectivity index (χ2n) is 5.97. The number of halogens is 3. The minimum absolute atomic E-state index is 0.0225. The summed E-state index contributed by atoms with van der Waals surface area (Å²) in [6.45, 7) is 3.53. The standard InChI is InChI=1S/C20H18F3N3O2/c1-3-15-16(20(27)28-4-2)17(12-8-7-11(21)10-14(12)23)26-19(25-15)18-13(22)6-5-9-24-18/h5-10,17H,3-4H2,1-2H3,(H,25,26). The van der Waals surface area contributed by atoms with Crippen molar-refractivity contribution in [2.45, 2.75) is 26.3 Å². The molecule has 0 spiro atoms. The predicted octanol–water partition coefficient (Wildman–Crippen LogP) is 3.82. The Morgan fingerprint density at radius 2 is 1.96 bits per heavy atom. The number of aliphatic imine (C=N–C) groups is 1. The van der Waals surface area contributed by atoms with E-state index in [1.807, 2.05) is 0 Å². The molecule has 1 aromatic heterocycles. The first-order chi connectivity index (χ1) is 13.5. The Balaban J connectivity index is 2.19. The summed E-state index contributed by atoms with van der Waals surface area (Å²) in [7, 11) is 0. The van der Waals surface area contributed by atoms with E-state index in [4.69, 9.17) is 4.74 Å². The van der Waals surface area contributed by atoms with Crippen LogP contribution in [0, 0.1) is 17.5 Å². The number of nitrogens with one attached hydrogen (secondary N) is 1. The van der Waals surface area contributed by atoms with Crippen LogP contribution in [-0.2, 0) is 9.53 Å². The van der Waals surface area contributed by atoms with E-state index in [2.05, 4.69) is 15.3 Å². The van der Waals surface area contributed by atoms with Crippen LogP contribution in [0.1, 0.15) is 37.6 Å². The number of carbonyl (C=O) groups is 1. The lowest BCUT2D eigenvalue weighted by molar-refractivity contribution is -0.139. The highest BCUT2D eigenvalue weighted by molar-refractivity contribution is 6.02. The number of allylic oxidation sites excluding steroid dienone is 1. The minimum Gasteiger partial charge on any atom is -0.463 e. The number of benzene rings is 1. The third-order valence-corrected chi connectivity index (χ3v) is 4.21. The van der Waals surface area contributed by atoms with E-state index < -0.39 is 29.5 Å². The van der Waals surface area contributed by atoms with Gasteiger partial charge in [0.05, 0.1) is 12.2 Å². The molecule has 1 aliphatic rings. The smallest absolute Gasteiger partial charge is 0.338 e. The molecule has 0 aliphatic carbocycles. The molecule has 2 aromatic rings. The third kappa shape index (κ3) is 3.76. The predicted molar refractivity (Wildman–Crippen MR) is 96.9 cm³/mol. The number of carbonyl (C=O) groups excluding carboxylic acids is 1. The van der Waals surface area contributed by atoms with Crippen LogP contribution in [0.4, 0.5) is 13.2 Å². The molecular formula is C20H18F3N3O2. The number of rotatable bonds is 5. The molecule has 1 N–H and O–H groups in total. The number of amidine groups is 1. The van der Waals surface area contributed by atoms with Crippen LogP contribution >= 0.6 is 0 Å². The molecule has 0 radical (unpaired) electrons. The molecule has 1 aromatic carbocycles. The molecule has 5 nitrogen and oxygen atoms in total. The lowest BCUT2D eigenvalue weighted by Crippen LogP contribution is -2.35. The van der Waals surface area contributed by atoms with Gasteiger partial charge in [0.1, 0.15) is 23.4 Å². The van der Waals surface area contributed by atoms with Crippen molar-refractivity contribution in [3.63, 3.8) is 0 Å². The van der Waals surface area contributed by atoms with Crippen molar-refractivity contribution in [1.82, 2.24) is 10.3 Å². The van der Waals surface area contributed by atoms with E-state index >= 15 is 0 Å². The topological polar surface area (TPSA) is 63.6 Å². The molecule has 1 unspecified atom stereocenters. The number of pyridine rings is 1. The van der Waals surface area contributed by atoms with Gasteiger partial charge < -0.3 is 10.1 Å². The zero-order valence-corrected chi connectivity index (χ0v) is 15.3. The first-order valence-corrected chi connectivity index (χ1v) is 8.77. The van der Waals surface area contributed by atoms with E-state index in [9.17, 15) is 18.0 Å². The Morgan fingerprint density at radius 3 is 2.61 bits per heavy atom. The number of hydrogen-bond donors (Lipinski definition) is 1. The Morgan fingerprint density at radius 1 is 1.18 bits per heavy atom. The fraction of sp³-hybridized carbons (Fsp3) is 0.250. The molecule has 1 aliphatic heterocycles. The lowest BCUT2D eigenvalue weighted by Gasteiger charge is -2.27. The quantitative estimate of drug-likeness (QED) is 0.790. The lowest BCUT2D eigenvalue weighted by atomic mass is 9.94. The SMILES string of the molecule is CCOC(=O)C1=C(CC)NC(c2ncccc2F)=NC1c1ccc(F)cc1F. The second-order valence-corrected chi connectivity index (χ2v) is 5.97. The molecule has 0 bridgehead atoms. The van der Waals surface area contributed by atoms with Crippen molar-refractivity contribution in [3.05, 3.63) is 76.5 Å². The molecular weight excluding hydrogens is 371 g/mol. The fourth-order valence-corrected chi connectivity index (χ4v) is 2.95. The molecule has 0 saturated heterocycles. The van der Waals surface area contributed by atoms with E-state index in [1.54, 1.807) is 13.8 Å². The van der Waals surface area contributed by atoms with Gasteiger partial charge in [0, 0.05) is 23.5 Å². The summed E-state index contributed by atoms with van der Waals surface area (Å²) in [6.07, 6.45) is 1.74. The Bertz CT molecular complexity index is 973. The van der Waals surface area contributed by atoms with Gasteiger partial charge in [-0.1, -0.05) is 13.0 Å². The van der Waals surface area contributed by atoms with Gasteiger partial charge in [-0.2, -0.15) is 0 Å². The van der Waals surface area contributed by atoms with Crippen molar-refractivity contribution in [2.75, 3.05) is 6.61 Å². The van der Waals surface area contributed by atoms with Crippen LogP contribution in [0.2, 0.25) is 0 Å². The van der Waals surface area contributed by atoms with Gasteiger partial charge >= 0.3 is 5.97 Å². The molecule has 2 heterocycles. The molecule has 0 fully saturated rings. The summed E-state index contributed by atoms with van der Waals surface area (Å²) in [5.41, 5.74) is 0.409. The van der Waals surface area contributed by atoms with Gasteiger partial charge in [0.25, 0.3) is 0 Å². The van der Waals surface area contributed by atoms with Gasteiger partial charge in [0.15, 0.2) is 11.7 Å². The largest absolute Gasteiger partial charge is 0.463 e. The van der Waals surface area contributed by atoms with E-state index in [0.29, 0.717) is 18.2 Å². The van der Waals surface area contributed by atoms with E-state index in [-0.39, 0.29) is 29.3 Å². The average Bonchev–Trinajstić information content (AvgIpc) is 2.67. The zero-order valence-electron chi connectivity index (χ0n) is 15.3. The van der Waals surface area contributed by atoms with Crippen LogP contribution in [-0.4, -0.2) is 23.4 Å². The third-order valence-electron chi connectivity index (χ3n) is 4.21. The summed E-state index contributed by atoms with van der Waals surface area (Å²) >= 11 is 0. The number of hydrogen-bond acceptors (Lipinski definition) is 5. The van der Waals surface area contributed by atoms with Gasteiger partial charge in [-0.05, 0) is 31.5 Å². The molecule has 28 heavy (non-hydrogen) atoms. The van der Waals surface area contributed by atoms with Crippen LogP contribution in [0.5, 0.6) is 0 Å². The second kappa shape index (κ2) is 8.24. The number of esters is 1. The normalized spacial score (nSPS) is 16.5. The molecule has 8 heteroatoms. The minimum atomic E-state index is -1.13. The summed E-state index contributed by atoms with van der Waals surface area (Å²) < 4.78 is 47.2. The van der Waals surface area contributed by atoms with Crippen LogP contribution < -0.4 is 5.32 Å². The van der Waals surface area contributed by atoms with Crippen LogP contribution in [0.15, 0.2) is 52.8 Å². The van der Waals surface area contributed by atoms with Crippen molar-refractivity contribution in [2.24, 2.45) is 4.99 Å². The first-order valence-electron chi connectivity index (χ1n) is 8.77. The van der Waals surface area contributed by atoms with Crippen LogP contribution in [0.25, 0.3) is 0 Å². The summed E-state index contributed by atoms with van der Waals surface area (Å²) in [5, 5.41) is 2.91. The van der Waals surface area contributed by atoms with Gasteiger partial charge in [-0.15, -0.1) is 0 Å². The average molecular weight is 389 g/mol. The summed E-state index contributed by atoms with van der Waals surface area (Å²) in [4.78, 5) is 20.9. The molecule has 146 valence electrons.